The fourth-order valence-electron chi connectivity index (χ4n) is 4.29. The Morgan fingerprint density at radius 2 is 1.69 bits per heavy atom. The third-order valence-electron chi connectivity index (χ3n) is 6.25. The standard InChI is InChI=1S/C27H31N3O4S/c1-34-24-14-12-22(13-15-24)26(30-16-5-6-17-30)20-28-27(31)23-10-7-11-25(18-23)35(32,33)29-19-21-8-3-2-4-9-21/h2-4,7-15,18,26,29H,5-6,16-17,19-20H2,1H3,(H,28,31). The second-order valence-corrected chi connectivity index (χ2v) is 10.3. The molecule has 1 amide bonds. The quantitative estimate of drug-likeness (QED) is 0.449. The van der Waals surface area contributed by atoms with Crippen LogP contribution in [-0.2, 0) is 16.6 Å². The zero-order chi connectivity index (χ0) is 24.7. The Bertz CT molecular complexity index is 1220. The smallest absolute Gasteiger partial charge is 0.251 e. The van der Waals surface area contributed by atoms with Crippen molar-refractivity contribution in [2.24, 2.45) is 0 Å². The number of sulfonamides is 1. The summed E-state index contributed by atoms with van der Waals surface area (Å²) >= 11 is 0. The van der Waals surface area contributed by atoms with Gasteiger partial charge in [0.2, 0.25) is 10.0 Å². The van der Waals surface area contributed by atoms with E-state index in [4.69, 9.17) is 4.74 Å². The Balaban J connectivity index is 1.44. The van der Waals surface area contributed by atoms with Gasteiger partial charge in [0.15, 0.2) is 0 Å². The maximum atomic E-state index is 13.0. The van der Waals surface area contributed by atoms with E-state index in [1.54, 1.807) is 19.2 Å². The number of likely N-dealkylation sites (tertiary alicyclic amines) is 1. The third kappa shape index (κ3) is 6.48. The van der Waals surface area contributed by atoms with Crippen molar-refractivity contribution < 1.29 is 17.9 Å². The maximum absolute atomic E-state index is 13.0. The summed E-state index contributed by atoms with van der Waals surface area (Å²) in [5, 5.41) is 3.01. The first kappa shape index (κ1) is 24.9. The van der Waals surface area contributed by atoms with E-state index < -0.39 is 10.0 Å². The summed E-state index contributed by atoms with van der Waals surface area (Å²) in [4.78, 5) is 15.4. The highest BCUT2D eigenvalue weighted by Gasteiger charge is 2.24. The Morgan fingerprint density at radius 1 is 0.971 bits per heavy atom. The molecular weight excluding hydrogens is 462 g/mol. The van der Waals surface area contributed by atoms with Crippen LogP contribution in [0.2, 0.25) is 0 Å². The molecule has 3 aromatic carbocycles. The lowest BCUT2D eigenvalue weighted by atomic mass is 10.0. The van der Waals surface area contributed by atoms with E-state index in [1.165, 1.54) is 12.1 Å². The van der Waals surface area contributed by atoms with Gasteiger partial charge in [0.05, 0.1) is 18.0 Å². The van der Waals surface area contributed by atoms with Crippen LogP contribution in [0.3, 0.4) is 0 Å². The summed E-state index contributed by atoms with van der Waals surface area (Å²) in [6.45, 7) is 2.56. The highest BCUT2D eigenvalue weighted by molar-refractivity contribution is 7.89. The number of amides is 1. The summed E-state index contributed by atoms with van der Waals surface area (Å²) in [5.41, 5.74) is 2.27. The van der Waals surface area contributed by atoms with E-state index in [-0.39, 0.29) is 23.4 Å². The molecule has 0 aliphatic carbocycles. The zero-order valence-corrected chi connectivity index (χ0v) is 20.6. The van der Waals surface area contributed by atoms with Crippen LogP contribution < -0.4 is 14.8 Å². The van der Waals surface area contributed by atoms with Crippen molar-refractivity contribution in [2.75, 3.05) is 26.7 Å². The van der Waals surface area contributed by atoms with Gasteiger partial charge in [-0.3, -0.25) is 9.69 Å². The fourth-order valence-corrected chi connectivity index (χ4v) is 5.35. The van der Waals surface area contributed by atoms with Crippen molar-refractivity contribution >= 4 is 15.9 Å². The van der Waals surface area contributed by atoms with E-state index in [2.05, 4.69) is 14.9 Å². The molecule has 0 radical (unpaired) electrons. The van der Waals surface area contributed by atoms with Crippen LogP contribution in [0.5, 0.6) is 5.75 Å². The van der Waals surface area contributed by atoms with Gasteiger partial charge in [-0.2, -0.15) is 0 Å². The SMILES string of the molecule is COc1ccc(C(CNC(=O)c2cccc(S(=O)(=O)NCc3ccccc3)c2)N2CCCC2)cc1. The molecule has 1 aliphatic heterocycles. The minimum Gasteiger partial charge on any atom is -0.497 e. The second-order valence-electron chi connectivity index (χ2n) is 8.58. The van der Waals surface area contributed by atoms with E-state index >= 15 is 0 Å². The molecule has 3 aromatic rings. The van der Waals surface area contributed by atoms with Gasteiger partial charge in [-0.15, -0.1) is 0 Å². The van der Waals surface area contributed by atoms with Crippen LogP contribution in [0.1, 0.15) is 40.4 Å². The van der Waals surface area contributed by atoms with E-state index in [0.29, 0.717) is 12.1 Å². The molecule has 1 atom stereocenters. The Labute approximate surface area is 207 Å². The Hall–Kier alpha value is -3.20. The molecule has 1 fully saturated rings. The molecule has 1 heterocycles. The summed E-state index contributed by atoms with van der Waals surface area (Å²) in [5.74, 6) is 0.486. The average molecular weight is 494 g/mol. The van der Waals surface area contributed by atoms with Gasteiger partial charge in [0, 0.05) is 18.7 Å². The third-order valence-corrected chi connectivity index (χ3v) is 7.65. The fraction of sp³-hybridized carbons (Fsp3) is 0.296. The van der Waals surface area contributed by atoms with Gasteiger partial charge >= 0.3 is 0 Å². The molecule has 184 valence electrons. The van der Waals surface area contributed by atoms with Gasteiger partial charge < -0.3 is 10.1 Å². The minimum absolute atomic E-state index is 0.0341. The number of carbonyl (C=O) groups excluding carboxylic acids is 1. The maximum Gasteiger partial charge on any atom is 0.251 e. The van der Waals surface area contributed by atoms with Crippen LogP contribution in [0, 0.1) is 0 Å². The van der Waals surface area contributed by atoms with Gasteiger partial charge in [-0.05, 0) is 67.4 Å². The van der Waals surface area contributed by atoms with Gasteiger partial charge in [-0.1, -0.05) is 48.5 Å². The number of methoxy groups -OCH3 is 1. The first-order valence-corrected chi connectivity index (χ1v) is 13.2. The van der Waals surface area contributed by atoms with E-state index in [9.17, 15) is 13.2 Å². The molecule has 0 saturated carbocycles. The molecule has 1 saturated heterocycles. The second kappa shape index (κ2) is 11.5. The van der Waals surface area contributed by atoms with Crippen LogP contribution in [0.25, 0.3) is 0 Å². The molecule has 2 N–H and O–H groups in total. The summed E-state index contributed by atoms with van der Waals surface area (Å²) in [6.07, 6.45) is 2.27. The van der Waals surface area contributed by atoms with Gasteiger partial charge in [0.1, 0.15) is 5.75 Å². The van der Waals surface area contributed by atoms with Crippen LogP contribution in [0.4, 0.5) is 0 Å². The number of nitrogens with zero attached hydrogens (tertiary/aromatic N) is 1. The van der Waals surface area contributed by atoms with Crippen molar-refractivity contribution in [3.05, 3.63) is 95.6 Å². The largest absolute Gasteiger partial charge is 0.497 e. The van der Waals surface area contributed by atoms with Crippen LogP contribution in [-0.4, -0.2) is 46.0 Å². The van der Waals surface area contributed by atoms with E-state index in [1.807, 2.05) is 54.6 Å². The number of rotatable bonds is 10. The Morgan fingerprint density at radius 3 is 2.37 bits per heavy atom. The summed E-state index contributed by atoms with van der Waals surface area (Å²) in [6, 6.07) is 23.4. The van der Waals surface area contributed by atoms with E-state index in [0.717, 1.165) is 42.8 Å². The lowest BCUT2D eigenvalue weighted by Crippen LogP contribution is -2.36. The molecule has 4 rings (SSSR count). The molecule has 7 nitrogen and oxygen atoms in total. The monoisotopic (exact) mass is 493 g/mol. The lowest BCUT2D eigenvalue weighted by molar-refractivity contribution is 0.0937. The molecule has 1 aliphatic rings. The predicted octanol–water partition coefficient (Wildman–Crippen LogP) is 3.74. The average Bonchev–Trinajstić information content (AvgIpc) is 3.43. The highest BCUT2D eigenvalue weighted by atomic mass is 32.2. The van der Waals surface area contributed by atoms with Gasteiger partial charge in [0.25, 0.3) is 5.91 Å². The minimum atomic E-state index is -3.76. The molecular formula is C27H31N3O4S. The topological polar surface area (TPSA) is 87.7 Å². The first-order chi connectivity index (χ1) is 17.0. The molecule has 1 unspecified atom stereocenters. The normalized spacial score (nSPS) is 15.0. The number of nitrogens with one attached hydrogen (secondary N) is 2. The van der Waals surface area contributed by atoms with Crippen molar-refractivity contribution in [1.29, 1.82) is 0 Å². The molecule has 35 heavy (non-hydrogen) atoms. The first-order valence-electron chi connectivity index (χ1n) is 11.8. The molecule has 0 aromatic heterocycles. The summed E-state index contributed by atoms with van der Waals surface area (Å²) in [7, 11) is -2.12. The molecule has 8 heteroatoms. The molecule has 0 bridgehead atoms. The number of hydrogen-bond acceptors (Lipinski definition) is 5. The number of ether oxygens (including phenoxy) is 1. The van der Waals surface area contributed by atoms with Crippen molar-refractivity contribution in [3.63, 3.8) is 0 Å². The van der Waals surface area contributed by atoms with Crippen LogP contribution in [0.15, 0.2) is 83.8 Å². The number of hydrogen-bond donors (Lipinski definition) is 2. The predicted molar refractivity (Wildman–Crippen MR) is 136 cm³/mol. The number of benzene rings is 3. The van der Waals surface area contributed by atoms with Crippen LogP contribution >= 0.6 is 0 Å². The summed E-state index contributed by atoms with van der Waals surface area (Å²) < 4.78 is 33.5. The van der Waals surface area contributed by atoms with Crippen molar-refractivity contribution in [2.45, 2.75) is 30.3 Å². The number of carbonyl (C=O) groups is 1. The zero-order valence-electron chi connectivity index (χ0n) is 19.8. The van der Waals surface area contributed by atoms with Crippen molar-refractivity contribution in [1.82, 2.24) is 14.9 Å². The van der Waals surface area contributed by atoms with Gasteiger partial charge in [-0.25, -0.2) is 13.1 Å². The lowest BCUT2D eigenvalue weighted by Gasteiger charge is -2.28. The Kier molecular flexibility index (Phi) is 8.17. The molecule has 0 spiro atoms. The van der Waals surface area contributed by atoms with Crippen molar-refractivity contribution in [3.8, 4) is 5.75 Å². The highest BCUT2D eigenvalue weighted by Crippen LogP contribution is 2.26.